The number of hydrogen-bond donors (Lipinski definition) is 3. The number of nitrogens with one attached hydrogen (secondary N) is 1. The number of phenolic OH excluding ortho intramolecular Hbond substituents is 1. The van der Waals surface area contributed by atoms with Crippen LogP contribution in [0.1, 0.15) is 37.6 Å². The standard InChI is InChI=1S/C14H21FN2O2/c1-9(2)7-14(3,8-16)17-13(19)11-5-4-10(18)6-12(11)15/h4-6,9,18H,7-8,16H2,1-3H3,(H,17,19). The van der Waals surface area contributed by atoms with E-state index < -0.39 is 17.3 Å². The first kappa shape index (κ1) is 15.4. The molecule has 1 unspecified atom stereocenters. The highest BCUT2D eigenvalue weighted by Crippen LogP contribution is 2.19. The van der Waals surface area contributed by atoms with Crippen molar-refractivity contribution in [3.05, 3.63) is 29.6 Å². The fourth-order valence-corrected chi connectivity index (χ4v) is 2.12. The SMILES string of the molecule is CC(C)CC(C)(CN)NC(=O)c1ccc(O)cc1F. The first-order valence-electron chi connectivity index (χ1n) is 6.28. The zero-order valence-electron chi connectivity index (χ0n) is 11.5. The lowest BCUT2D eigenvalue weighted by Crippen LogP contribution is -2.52. The Morgan fingerprint density at radius 2 is 2.16 bits per heavy atom. The average molecular weight is 268 g/mol. The monoisotopic (exact) mass is 268 g/mol. The molecule has 5 heteroatoms. The third-order valence-corrected chi connectivity index (χ3v) is 2.92. The zero-order chi connectivity index (χ0) is 14.6. The number of benzene rings is 1. The highest BCUT2D eigenvalue weighted by atomic mass is 19.1. The molecule has 4 N–H and O–H groups in total. The Labute approximate surface area is 112 Å². The van der Waals surface area contributed by atoms with Gasteiger partial charge in [-0.1, -0.05) is 13.8 Å². The second kappa shape index (κ2) is 6.02. The van der Waals surface area contributed by atoms with E-state index in [-0.39, 0.29) is 17.9 Å². The average Bonchev–Trinajstić information content (AvgIpc) is 2.27. The van der Waals surface area contributed by atoms with Gasteiger partial charge >= 0.3 is 0 Å². The van der Waals surface area contributed by atoms with Crippen LogP contribution in [0.5, 0.6) is 5.75 Å². The molecule has 0 heterocycles. The number of carbonyl (C=O) groups is 1. The Bertz CT molecular complexity index is 463. The molecule has 0 aliphatic heterocycles. The van der Waals surface area contributed by atoms with E-state index in [9.17, 15) is 9.18 Å². The van der Waals surface area contributed by atoms with Gasteiger partial charge in [-0.15, -0.1) is 0 Å². The molecule has 1 atom stereocenters. The van der Waals surface area contributed by atoms with Gasteiger partial charge in [0.25, 0.3) is 5.91 Å². The van der Waals surface area contributed by atoms with Crippen LogP contribution in [-0.2, 0) is 0 Å². The van der Waals surface area contributed by atoms with E-state index in [1.54, 1.807) is 0 Å². The van der Waals surface area contributed by atoms with Crippen LogP contribution in [0.4, 0.5) is 4.39 Å². The third kappa shape index (κ3) is 4.21. The molecule has 1 rings (SSSR count). The van der Waals surface area contributed by atoms with Gasteiger partial charge in [-0.05, 0) is 31.4 Å². The molecule has 0 spiro atoms. The minimum atomic E-state index is -0.749. The molecular weight excluding hydrogens is 247 g/mol. The third-order valence-electron chi connectivity index (χ3n) is 2.92. The fraction of sp³-hybridized carbons (Fsp3) is 0.500. The molecule has 4 nitrogen and oxygen atoms in total. The maximum absolute atomic E-state index is 13.6. The summed E-state index contributed by atoms with van der Waals surface area (Å²) in [6, 6.07) is 3.45. The number of hydrogen-bond acceptors (Lipinski definition) is 3. The summed E-state index contributed by atoms with van der Waals surface area (Å²) in [6.45, 7) is 6.17. The minimum absolute atomic E-state index is 0.0961. The molecule has 0 saturated heterocycles. The molecule has 1 aromatic carbocycles. The van der Waals surface area contributed by atoms with Gasteiger partial charge in [-0.25, -0.2) is 4.39 Å². The number of nitrogens with two attached hydrogens (primary N) is 1. The van der Waals surface area contributed by atoms with E-state index in [4.69, 9.17) is 10.8 Å². The number of rotatable bonds is 5. The predicted octanol–water partition coefficient (Wildman–Crippen LogP) is 2.02. The molecule has 0 bridgehead atoms. The normalized spacial score (nSPS) is 14.2. The van der Waals surface area contributed by atoms with Crippen LogP contribution in [-0.4, -0.2) is 23.1 Å². The number of phenols is 1. The van der Waals surface area contributed by atoms with Crippen molar-refractivity contribution in [2.45, 2.75) is 32.7 Å². The molecule has 0 radical (unpaired) electrons. The Morgan fingerprint density at radius 1 is 1.53 bits per heavy atom. The second-order valence-electron chi connectivity index (χ2n) is 5.48. The van der Waals surface area contributed by atoms with Crippen LogP contribution in [0.25, 0.3) is 0 Å². The highest BCUT2D eigenvalue weighted by molar-refractivity contribution is 5.95. The maximum Gasteiger partial charge on any atom is 0.254 e. The van der Waals surface area contributed by atoms with Crippen molar-refractivity contribution in [3.8, 4) is 5.75 Å². The van der Waals surface area contributed by atoms with Crippen LogP contribution < -0.4 is 11.1 Å². The van der Waals surface area contributed by atoms with Crippen molar-refractivity contribution in [1.29, 1.82) is 0 Å². The fourth-order valence-electron chi connectivity index (χ4n) is 2.12. The predicted molar refractivity (Wildman–Crippen MR) is 72.4 cm³/mol. The van der Waals surface area contributed by atoms with Gasteiger partial charge in [0.15, 0.2) is 0 Å². The van der Waals surface area contributed by atoms with E-state index in [1.165, 1.54) is 12.1 Å². The van der Waals surface area contributed by atoms with E-state index >= 15 is 0 Å². The lowest BCUT2D eigenvalue weighted by atomic mass is 9.90. The largest absolute Gasteiger partial charge is 0.508 e. The van der Waals surface area contributed by atoms with Gasteiger partial charge in [-0.2, -0.15) is 0 Å². The van der Waals surface area contributed by atoms with E-state index in [0.29, 0.717) is 12.3 Å². The summed E-state index contributed by atoms with van der Waals surface area (Å²) in [5.41, 5.74) is 5.03. The summed E-state index contributed by atoms with van der Waals surface area (Å²) < 4.78 is 13.6. The van der Waals surface area contributed by atoms with Gasteiger partial charge in [-0.3, -0.25) is 4.79 Å². The molecule has 106 valence electrons. The van der Waals surface area contributed by atoms with Crippen LogP contribution in [0.15, 0.2) is 18.2 Å². The zero-order valence-corrected chi connectivity index (χ0v) is 11.5. The first-order valence-corrected chi connectivity index (χ1v) is 6.28. The Kier molecular flexibility index (Phi) is 4.89. The molecule has 1 amide bonds. The van der Waals surface area contributed by atoms with Crippen molar-refractivity contribution in [2.24, 2.45) is 11.7 Å². The molecule has 0 saturated carbocycles. The maximum atomic E-state index is 13.6. The summed E-state index contributed by atoms with van der Waals surface area (Å²) >= 11 is 0. The first-order chi connectivity index (χ1) is 8.77. The number of halogens is 1. The summed E-state index contributed by atoms with van der Waals surface area (Å²) in [5.74, 6) is -1.12. The molecule has 0 aromatic heterocycles. The number of carbonyl (C=O) groups excluding carboxylic acids is 1. The van der Waals surface area contributed by atoms with Gasteiger partial charge in [0.2, 0.25) is 0 Å². The smallest absolute Gasteiger partial charge is 0.254 e. The second-order valence-corrected chi connectivity index (χ2v) is 5.48. The summed E-state index contributed by atoms with van der Waals surface area (Å²) in [4.78, 5) is 12.0. The van der Waals surface area contributed by atoms with Crippen LogP contribution in [0.2, 0.25) is 0 Å². The van der Waals surface area contributed by atoms with Crippen LogP contribution in [0, 0.1) is 11.7 Å². The van der Waals surface area contributed by atoms with Crippen LogP contribution in [0.3, 0.4) is 0 Å². The molecule has 0 aliphatic carbocycles. The molecule has 19 heavy (non-hydrogen) atoms. The molecule has 0 aliphatic rings. The van der Waals surface area contributed by atoms with Gasteiger partial charge < -0.3 is 16.2 Å². The Hall–Kier alpha value is -1.62. The molecular formula is C14H21FN2O2. The lowest BCUT2D eigenvalue weighted by Gasteiger charge is -2.31. The van der Waals surface area contributed by atoms with Crippen molar-refractivity contribution < 1.29 is 14.3 Å². The van der Waals surface area contributed by atoms with Crippen molar-refractivity contribution in [2.75, 3.05) is 6.54 Å². The summed E-state index contributed by atoms with van der Waals surface area (Å²) in [6.07, 6.45) is 0.703. The number of aromatic hydroxyl groups is 1. The lowest BCUT2D eigenvalue weighted by molar-refractivity contribution is 0.0894. The van der Waals surface area contributed by atoms with Crippen molar-refractivity contribution >= 4 is 5.91 Å². The van der Waals surface area contributed by atoms with Gasteiger partial charge in [0.05, 0.1) is 5.56 Å². The highest BCUT2D eigenvalue weighted by Gasteiger charge is 2.27. The summed E-state index contributed by atoms with van der Waals surface area (Å²) in [7, 11) is 0. The topological polar surface area (TPSA) is 75.3 Å². The van der Waals surface area contributed by atoms with Crippen molar-refractivity contribution in [1.82, 2.24) is 5.32 Å². The summed E-state index contributed by atoms with van der Waals surface area (Å²) in [5, 5.41) is 11.9. The minimum Gasteiger partial charge on any atom is -0.508 e. The van der Waals surface area contributed by atoms with Crippen LogP contribution >= 0.6 is 0 Å². The van der Waals surface area contributed by atoms with Crippen molar-refractivity contribution in [3.63, 3.8) is 0 Å². The van der Waals surface area contributed by atoms with Gasteiger partial charge in [0, 0.05) is 18.2 Å². The molecule has 0 fully saturated rings. The van der Waals surface area contributed by atoms with E-state index in [2.05, 4.69) is 5.32 Å². The number of amides is 1. The van der Waals surface area contributed by atoms with Gasteiger partial charge in [0.1, 0.15) is 11.6 Å². The van der Waals surface area contributed by atoms with E-state index in [0.717, 1.165) is 6.07 Å². The Morgan fingerprint density at radius 3 is 2.63 bits per heavy atom. The molecule has 1 aromatic rings. The quantitative estimate of drug-likeness (QED) is 0.764. The Balaban J connectivity index is 2.88. The van der Waals surface area contributed by atoms with E-state index in [1.807, 2.05) is 20.8 Å².